The van der Waals surface area contributed by atoms with Crippen molar-refractivity contribution < 1.29 is 19.3 Å². The van der Waals surface area contributed by atoms with Crippen LogP contribution < -0.4 is 10.2 Å². The van der Waals surface area contributed by atoms with E-state index >= 15 is 0 Å². The monoisotopic (exact) mass is 358 g/mol. The fourth-order valence-corrected chi connectivity index (χ4v) is 2.73. The Morgan fingerprint density at radius 2 is 1.65 bits per heavy atom. The van der Waals surface area contributed by atoms with Crippen LogP contribution in [0.2, 0.25) is 10.0 Å². The van der Waals surface area contributed by atoms with Gasteiger partial charge in [0.2, 0.25) is 0 Å². The number of carbonyl (C=O) groups excluding carboxylic acids is 3. The van der Waals surface area contributed by atoms with Gasteiger partial charge < -0.3 is 10.2 Å². The smallest absolute Gasteiger partial charge is 0.275 e. The topological polar surface area (TPSA) is 70.9 Å². The lowest BCUT2D eigenvalue weighted by Gasteiger charge is -2.20. The van der Waals surface area contributed by atoms with Crippen LogP contribution >= 0.6 is 23.2 Å². The SMILES string of the molecule is CC(C)NC(=O)C[NH+](C)CN1C(=O)c2cc(Cl)c(Cl)cc2C1=O. The van der Waals surface area contributed by atoms with Gasteiger partial charge in [-0.2, -0.15) is 0 Å². The molecular formula is C15H18Cl2N3O3+. The minimum absolute atomic E-state index is 0.0406. The van der Waals surface area contributed by atoms with Crippen molar-refractivity contribution in [1.29, 1.82) is 0 Å². The van der Waals surface area contributed by atoms with Gasteiger partial charge in [0.1, 0.15) is 0 Å². The quantitative estimate of drug-likeness (QED) is 0.756. The third kappa shape index (κ3) is 3.83. The molecule has 1 aliphatic heterocycles. The van der Waals surface area contributed by atoms with Gasteiger partial charge in [-0.05, 0) is 26.0 Å². The number of quaternary nitrogens is 1. The summed E-state index contributed by atoms with van der Waals surface area (Å²) in [5.41, 5.74) is 0.479. The number of fused-ring (bicyclic) bond motifs is 1. The van der Waals surface area contributed by atoms with E-state index in [2.05, 4.69) is 5.32 Å². The van der Waals surface area contributed by atoms with Crippen molar-refractivity contribution in [2.75, 3.05) is 20.3 Å². The van der Waals surface area contributed by atoms with Crippen molar-refractivity contribution in [3.63, 3.8) is 0 Å². The summed E-state index contributed by atoms with van der Waals surface area (Å²) in [5, 5.41) is 3.22. The first-order chi connectivity index (χ1) is 10.7. The average molecular weight is 359 g/mol. The molecule has 2 rings (SSSR count). The Labute approximate surface area is 144 Å². The lowest BCUT2D eigenvalue weighted by molar-refractivity contribution is -0.878. The second kappa shape index (κ2) is 6.86. The molecule has 1 atom stereocenters. The lowest BCUT2D eigenvalue weighted by Crippen LogP contribution is -3.12. The van der Waals surface area contributed by atoms with Gasteiger partial charge in [0.05, 0.1) is 28.2 Å². The summed E-state index contributed by atoms with van der Waals surface area (Å²) < 4.78 is 0. The summed E-state index contributed by atoms with van der Waals surface area (Å²) in [6.45, 7) is 3.98. The third-order valence-corrected chi connectivity index (χ3v) is 4.07. The van der Waals surface area contributed by atoms with E-state index in [0.717, 1.165) is 9.80 Å². The van der Waals surface area contributed by atoms with E-state index < -0.39 is 11.8 Å². The van der Waals surface area contributed by atoms with Crippen molar-refractivity contribution in [3.05, 3.63) is 33.3 Å². The summed E-state index contributed by atoms with van der Waals surface area (Å²) in [4.78, 5) is 38.3. The summed E-state index contributed by atoms with van der Waals surface area (Å²) >= 11 is 11.8. The second-order valence-electron chi connectivity index (χ2n) is 5.86. The van der Waals surface area contributed by atoms with Crippen LogP contribution in [-0.4, -0.2) is 48.9 Å². The van der Waals surface area contributed by atoms with Crippen molar-refractivity contribution in [2.45, 2.75) is 19.9 Å². The van der Waals surface area contributed by atoms with Crippen LogP contribution in [0.15, 0.2) is 12.1 Å². The number of likely N-dealkylation sites (N-methyl/N-ethyl adjacent to an activating group) is 1. The summed E-state index contributed by atoms with van der Waals surface area (Å²) in [6, 6.07) is 2.85. The number of nitrogens with one attached hydrogen (secondary N) is 2. The molecule has 3 amide bonds. The third-order valence-electron chi connectivity index (χ3n) is 3.35. The average Bonchev–Trinajstić information content (AvgIpc) is 2.64. The molecule has 1 heterocycles. The fourth-order valence-electron chi connectivity index (χ4n) is 2.40. The Kier molecular flexibility index (Phi) is 5.29. The molecule has 0 fully saturated rings. The van der Waals surface area contributed by atoms with E-state index in [9.17, 15) is 14.4 Å². The van der Waals surface area contributed by atoms with Crippen LogP contribution in [0.25, 0.3) is 0 Å². The van der Waals surface area contributed by atoms with Crippen LogP contribution in [0, 0.1) is 0 Å². The first kappa shape index (κ1) is 17.7. The van der Waals surface area contributed by atoms with Crippen LogP contribution in [0.3, 0.4) is 0 Å². The van der Waals surface area contributed by atoms with Gasteiger partial charge in [-0.15, -0.1) is 0 Å². The van der Waals surface area contributed by atoms with E-state index in [1.807, 2.05) is 13.8 Å². The van der Waals surface area contributed by atoms with E-state index in [1.165, 1.54) is 12.1 Å². The molecule has 0 spiro atoms. The highest BCUT2D eigenvalue weighted by molar-refractivity contribution is 6.43. The highest BCUT2D eigenvalue weighted by Gasteiger charge is 2.38. The Morgan fingerprint density at radius 1 is 1.17 bits per heavy atom. The zero-order chi connectivity index (χ0) is 17.3. The molecule has 2 N–H and O–H groups in total. The highest BCUT2D eigenvalue weighted by atomic mass is 35.5. The second-order valence-corrected chi connectivity index (χ2v) is 6.68. The molecule has 1 aromatic carbocycles. The lowest BCUT2D eigenvalue weighted by atomic mass is 10.1. The molecule has 0 saturated heterocycles. The largest absolute Gasteiger partial charge is 0.349 e. The maximum absolute atomic E-state index is 12.4. The van der Waals surface area contributed by atoms with E-state index in [1.54, 1.807) is 7.05 Å². The van der Waals surface area contributed by atoms with E-state index in [-0.39, 0.29) is 46.3 Å². The first-order valence-corrected chi connectivity index (χ1v) is 7.92. The normalized spacial score (nSPS) is 15.1. The van der Waals surface area contributed by atoms with Gasteiger partial charge >= 0.3 is 0 Å². The first-order valence-electron chi connectivity index (χ1n) is 7.16. The Balaban J connectivity index is 2.09. The fraction of sp³-hybridized carbons (Fsp3) is 0.400. The van der Waals surface area contributed by atoms with Gasteiger partial charge in [-0.3, -0.25) is 14.4 Å². The van der Waals surface area contributed by atoms with Gasteiger partial charge in [0, 0.05) is 6.04 Å². The van der Waals surface area contributed by atoms with Crippen molar-refractivity contribution in [3.8, 4) is 0 Å². The van der Waals surface area contributed by atoms with Crippen LogP contribution in [0.1, 0.15) is 34.6 Å². The number of carbonyl (C=O) groups is 3. The van der Waals surface area contributed by atoms with Crippen LogP contribution in [-0.2, 0) is 4.79 Å². The van der Waals surface area contributed by atoms with E-state index in [0.29, 0.717) is 0 Å². The van der Waals surface area contributed by atoms with Crippen LogP contribution in [0.5, 0.6) is 0 Å². The number of rotatable bonds is 5. The van der Waals surface area contributed by atoms with Crippen molar-refractivity contribution in [1.82, 2.24) is 10.2 Å². The number of hydrogen-bond acceptors (Lipinski definition) is 3. The number of imide groups is 1. The molecule has 1 aliphatic rings. The molecule has 124 valence electrons. The summed E-state index contributed by atoms with van der Waals surface area (Å²) in [6.07, 6.45) is 0. The standard InChI is InChI=1S/C15H17Cl2N3O3/c1-8(2)18-13(21)6-19(3)7-20-14(22)9-4-11(16)12(17)5-10(9)15(20)23/h4-5,8H,6-7H2,1-3H3,(H,18,21)/p+1. The van der Waals surface area contributed by atoms with Gasteiger partial charge in [-0.1, -0.05) is 23.2 Å². The van der Waals surface area contributed by atoms with E-state index in [4.69, 9.17) is 23.2 Å². The van der Waals surface area contributed by atoms with Crippen LogP contribution in [0.4, 0.5) is 0 Å². The molecule has 1 unspecified atom stereocenters. The van der Waals surface area contributed by atoms with Gasteiger partial charge in [0.15, 0.2) is 13.2 Å². The number of nitrogens with zero attached hydrogens (tertiary/aromatic N) is 1. The van der Waals surface area contributed by atoms with Crippen molar-refractivity contribution >= 4 is 40.9 Å². The molecule has 0 saturated carbocycles. The molecule has 8 heteroatoms. The molecule has 1 aromatic rings. The maximum Gasteiger partial charge on any atom is 0.275 e. The molecular weight excluding hydrogens is 341 g/mol. The summed E-state index contributed by atoms with van der Waals surface area (Å²) in [5.74, 6) is -0.987. The summed E-state index contributed by atoms with van der Waals surface area (Å²) in [7, 11) is 1.74. The molecule has 0 aromatic heterocycles. The molecule has 0 aliphatic carbocycles. The Bertz CT molecular complexity index is 635. The Hall–Kier alpha value is -1.63. The zero-order valence-electron chi connectivity index (χ0n) is 13.1. The number of amides is 3. The van der Waals surface area contributed by atoms with Gasteiger partial charge in [-0.25, -0.2) is 4.90 Å². The maximum atomic E-state index is 12.4. The number of benzene rings is 1. The molecule has 0 bridgehead atoms. The molecule has 23 heavy (non-hydrogen) atoms. The zero-order valence-corrected chi connectivity index (χ0v) is 14.6. The minimum atomic E-state index is -0.424. The predicted octanol–water partition coefficient (Wildman–Crippen LogP) is 0.586. The highest BCUT2D eigenvalue weighted by Crippen LogP contribution is 2.30. The predicted molar refractivity (Wildman–Crippen MR) is 86.9 cm³/mol. The van der Waals surface area contributed by atoms with Gasteiger partial charge in [0.25, 0.3) is 17.7 Å². The molecule has 6 nitrogen and oxygen atoms in total. The number of hydrogen-bond donors (Lipinski definition) is 2. The van der Waals surface area contributed by atoms with Crippen molar-refractivity contribution in [2.24, 2.45) is 0 Å². The minimum Gasteiger partial charge on any atom is -0.349 e. The number of halogens is 2. The molecule has 0 radical (unpaired) electrons. The Morgan fingerprint density at radius 3 is 2.09 bits per heavy atom.